The predicted molar refractivity (Wildman–Crippen MR) is 130 cm³/mol. The van der Waals surface area contributed by atoms with E-state index in [9.17, 15) is 8.78 Å². The van der Waals surface area contributed by atoms with Crippen molar-refractivity contribution in [3.63, 3.8) is 0 Å². The standard InChI is InChI=1S/C25H22F2N8O/c26-16-8-15(9-17(27)10-16)20-3-4-23-32-33-24(35(23)34-20)13-30-21-5-7-29-22-11-19(12-31-25(21)22)36-14-18-2-1-6-28-18/h3-5,7-12,18,28H,1-2,6,13-14H2,(H,29,30). The highest BCUT2D eigenvalue weighted by atomic mass is 19.1. The maximum atomic E-state index is 13.7. The van der Waals surface area contributed by atoms with Crippen molar-refractivity contribution in [1.29, 1.82) is 0 Å². The van der Waals surface area contributed by atoms with Gasteiger partial charge < -0.3 is 15.4 Å². The molecule has 0 aliphatic carbocycles. The molecule has 1 aromatic carbocycles. The summed E-state index contributed by atoms with van der Waals surface area (Å²) < 4.78 is 34.8. The van der Waals surface area contributed by atoms with Gasteiger partial charge in [0, 0.05) is 29.9 Å². The molecule has 182 valence electrons. The summed E-state index contributed by atoms with van der Waals surface area (Å²) in [6.07, 6.45) is 5.68. The fraction of sp³-hybridized carbons (Fsp3) is 0.240. The highest BCUT2D eigenvalue weighted by molar-refractivity contribution is 5.87. The molecule has 11 heteroatoms. The number of fused-ring (bicyclic) bond motifs is 2. The molecule has 5 heterocycles. The molecule has 0 amide bonds. The maximum absolute atomic E-state index is 13.7. The minimum Gasteiger partial charge on any atom is -0.490 e. The molecule has 2 N–H and O–H groups in total. The summed E-state index contributed by atoms with van der Waals surface area (Å²) in [6, 6.07) is 10.7. The van der Waals surface area contributed by atoms with Crippen LogP contribution in [0, 0.1) is 11.6 Å². The van der Waals surface area contributed by atoms with Crippen LogP contribution in [0.25, 0.3) is 27.9 Å². The van der Waals surface area contributed by atoms with Gasteiger partial charge in [0.2, 0.25) is 0 Å². The van der Waals surface area contributed by atoms with Gasteiger partial charge in [0.15, 0.2) is 11.5 Å². The highest BCUT2D eigenvalue weighted by Gasteiger charge is 2.15. The Balaban J connectivity index is 1.22. The van der Waals surface area contributed by atoms with Crippen LogP contribution in [0.5, 0.6) is 5.75 Å². The van der Waals surface area contributed by atoms with Crippen LogP contribution in [-0.2, 0) is 6.54 Å². The lowest BCUT2D eigenvalue weighted by atomic mass is 10.1. The summed E-state index contributed by atoms with van der Waals surface area (Å²) >= 11 is 0. The number of nitrogens with zero attached hydrogens (tertiary/aromatic N) is 6. The lowest BCUT2D eigenvalue weighted by molar-refractivity contribution is 0.276. The molecule has 0 spiro atoms. The molecule has 1 atom stereocenters. The van der Waals surface area contributed by atoms with Crippen LogP contribution in [0.1, 0.15) is 18.7 Å². The van der Waals surface area contributed by atoms with E-state index in [1.165, 1.54) is 18.6 Å². The van der Waals surface area contributed by atoms with Crippen LogP contribution in [0.2, 0.25) is 0 Å². The van der Waals surface area contributed by atoms with E-state index in [0.717, 1.165) is 24.7 Å². The van der Waals surface area contributed by atoms with E-state index in [0.29, 0.717) is 58.7 Å². The minimum absolute atomic E-state index is 0.293. The second-order valence-corrected chi connectivity index (χ2v) is 8.62. The molecule has 6 rings (SSSR count). The molecule has 1 unspecified atom stereocenters. The summed E-state index contributed by atoms with van der Waals surface area (Å²) in [6.45, 7) is 1.92. The van der Waals surface area contributed by atoms with Crippen molar-refractivity contribution >= 4 is 22.4 Å². The number of aromatic nitrogens is 6. The first-order valence-electron chi connectivity index (χ1n) is 11.6. The lowest BCUT2D eigenvalue weighted by Crippen LogP contribution is -2.28. The smallest absolute Gasteiger partial charge is 0.178 e. The van der Waals surface area contributed by atoms with Crippen molar-refractivity contribution in [1.82, 2.24) is 35.1 Å². The van der Waals surface area contributed by atoms with Gasteiger partial charge in [-0.15, -0.1) is 10.2 Å². The molecule has 9 nitrogen and oxygen atoms in total. The SMILES string of the molecule is Fc1cc(F)cc(-c2ccc3nnc(CNc4ccnc5cc(OCC6CCCN6)cnc45)n3n2)c1. The second-order valence-electron chi connectivity index (χ2n) is 8.62. The van der Waals surface area contributed by atoms with E-state index in [1.807, 2.05) is 12.1 Å². The van der Waals surface area contributed by atoms with Crippen molar-refractivity contribution < 1.29 is 13.5 Å². The lowest BCUT2D eigenvalue weighted by Gasteiger charge is -2.13. The molecule has 4 aromatic heterocycles. The molecule has 5 aromatic rings. The van der Waals surface area contributed by atoms with Crippen LogP contribution in [-0.4, -0.2) is 49.0 Å². The van der Waals surface area contributed by atoms with E-state index in [4.69, 9.17) is 4.74 Å². The number of halogens is 2. The number of hydrogen-bond donors (Lipinski definition) is 2. The van der Waals surface area contributed by atoms with Crippen LogP contribution in [0.4, 0.5) is 14.5 Å². The summed E-state index contributed by atoms with van der Waals surface area (Å²) in [5, 5.41) is 19.6. The van der Waals surface area contributed by atoms with Gasteiger partial charge >= 0.3 is 0 Å². The molecule has 1 saturated heterocycles. The van der Waals surface area contributed by atoms with Gasteiger partial charge in [0.25, 0.3) is 0 Å². The average molecular weight is 489 g/mol. The van der Waals surface area contributed by atoms with Crippen molar-refractivity contribution in [2.45, 2.75) is 25.4 Å². The fourth-order valence-electron chi connectivity index (χ4n) is 4.30. The topological polar surface area (TPSA) is 102 Å². The number of anilines is 1. The van der Waals surface area contributed by atoms with Gasteiger partial charge in [-0.25, -0.2) is 13.8 Å². The Labute approximate surface area is 204 Å². The largest absolute Gasteiger partial charge is 0.490 e. The molecule has 1 aliphatic rings. The monoisotopic (exact) mass is 488 g/mol. The molecule has 1 aliphatic heterocycles. The van der Waals surface area contributed by atoms with Crippen LogP contribution in [0.15, 0.2) is 54.9 Å². The molecular formula is C25H22F2N8O. The Morgan fingerprint density at radius 2 is 1.94 bits per heavy atom. The Morgan fingerprint density at radius 1 is 1.06 bits per heavy atom. The van der Waals surface area contributed by atoms with Crippen molar-refractivity contribution in [3.05, 3.63) is 72.3 Å². The first-order chi connectivity index (χ1) is 17.6. The summed E-state index contributed by atoms with van der Waals surface area (Å²) in [4.78, 5) is 8.99. The minimum atomic E-state index is -0.668. The van der Waals surface area contributed by atoms with Gasteiger partial charge in [-0.2, -0.15) is 9.61 Å². The van der Waals surface area contributed by atoms with Gasteiger partial charge in [-0.1, -0.05) is 0 Å². The molecular weight excluding hydrogens is 466 g/mol. The van der Waals surface area contributed by atoms with Gasteiger partial charge in [-0.05, 0) is 49.7 Å². The molecule has 0 saturated carbocycles. The van der Waals surface area contributed by atoms with Crippen LogP contribution < -0.4 is 15.4 Å². The van der Waals surface area contributed by atoms with Crippen molar-refractivity contribution in [3.8, 4) is 17.0 Å². The van der Waals surface area contributed by atoms with E-state index in [2.05, 4.69) is 35.9 Å². The molecule has 0 bridgehead atoms. The third-order valence-corrected chi connectivity index (χ3v) is 6.09. The number of hydrogen-bond acceptors (Lipinski definition) is 8. The zero-order chi connectivity index (χ0) is 24.5. The molecule has 36 heavy (non-hydrogen) atoms. The van der Waals surface area contributed by atoms with Crippen LogP contribution >= 0.6 is 0 Å². The fourth-order valence-corrected chi connectivity index (χ4v) is 4.30. The van der Waals surface area contributed by atoms with Crippen molar-refractivity contribution in [2.75, 3.05) is 18.5 Å². The highest BCUT2D eigenvalue weighted by Crippen LogP contribution is 2.24. The quantitative estimate of drug-likeness (QED) is 0.357. The third-order valence-electron chi connectivity index (χ3n) is 6.09. The molecule has 1 fully saturated rings. The first-order valence-corrected chi connectivity index (χ1v) is 11.6. The Morgan fingerprint density at radius 3 is 2.78 bits per heavy atom. The van der Waals surface area contributed by atoms with Gasteiger partial charge in [0.1, 0.15) is 29.5 Å². The normalized spacial score (nSPS) is 15.6. The number of benzene rings is 1. The Bertz CT molecular complexity index is 1530. The zero-order valence-electron chi connectivity index (χ0n) is 19.2. The van der Waals surface area contributed by atoms with Crippen LogP contribution in [0.3, 0.4) is 0 Å². The maximum Gasteiger partial charge on any atom is 0.178 e. The summed E-state index contributed by atoms with van der Waals surface area (Å²) in [5.74, 6) is -0.135. The van der Waals surface area contributed by atoms with E-state index in [-0.39, 0.29) is 0 Å². The van der Waals surface area contributed by atoms with Gasteiger partial charge in [0.05, 0.1) is 29.6 Å². The van der Waals surface area contributed by atoms with E-state index < -0.39 is 11.6 Å². The molecule has 0 radical (unpaired) electrons. The number of rotatable bonds is 7. The zero-order valence-corrected chi connectivity index (χ0v) is 19.2. The van der Waals surface area contributed by atoms with E-state index in [1.54, 1.807) is 29.0 Å². The second kappa shape index (κ2) is 9.42. The number of nitrogens with one attached hydrogen (secondary N) is 2. The van der Waals surface area contributed by atoms with E-state index >= 15 is 0 Å². The Hall–Kier alpha value is -4.25. The third kappa shape index (κ3) is 4.52. The van der Waals surface area contributed by atoms with Gasteiger partial charge in [-0.3, -0.25) is 4.98 Å². The number of pyridine rings is 2. The first kappa shape index (κ1) is 22.2. The number of ether oxygens (including phenoxy) is 1. The average Bonchev–Trinajstić information content (AvgIpc) is 3.55. The van der Waals surface area contributed by atoms with Crippen molar-refractivity contribution in [2.24, 2.45) is 0 Å². The summed E-state index contributed by atoms with van der Waals surface area (Å²) in [5.41, 5.74) is 3.41. The summed E-state index contributed by atoms with van der Waals surface area (Å²) in [7, 11) is 0. The predicted octanol–water partition coefficient (Wildman–Crippen LogP) is 3.76. The Kier molecular flexibility index (Phi) is 5.82.